The maximum Gasteiger partial charge on any atom is 0.293 e. The minimum Gasteiger partial charge on any atom is -0.377 e. The minimum absolute atomic E-state index is 0.00286. The molecule has 5 nitrogen and oxygen atoms in total. The van der Waals surface area contributed by atoms with E-state index in [0.717, 1.165) is 32.3 Å². The fourth-order valence-electron chi connectivity index (χ4n) is 3.52. The molecule has 0 radical (unpaired) electrons. The Hall–Kier alpha value is -1.33. The van der Waals surface area contributed by atoms with Gasteiger partial charge in [0.2, 0.25) is 0 Å². The van der Waals surface area contributed by atoms with Gasteiger partial charge in [-0.2, -0.15) is 0 Å². The van der Waals surface area contributed by atoms with Gasteiger partial charge in [-0.3, -0.25) is 10.1 Å². The summed E-state index contributed by atoms with van der Waals surface area (Å²) in [6.45, 7) is 0.721. The van der Waals surface area contributed by atoms with Gasteiger partial charge in [-0.1, -0.05) is 24.4 Å². The van der Waals surface area contributed by atoms with Crippen molar-refractivity contribution < 1.29 is 9.66 Å². The summed E-state index contributed by atoms with van der Waals surface area (Å²) in [6.07, 6.45) is 6.44. The number of benzene rings is 1. The van der Waals surface area contributed by atoms with E-state index in [1.54, 1.807) is 12.1 Å². The van der Waals surface area contributed by atoms with Crippen molar-refractivity contribution in [1.82, 2.24) is 0 Å². The quantitative estimate of drug-likeness (QED) is 0.672. The first-order chi connectivity index (χ1) is 10.1. The second-order valence-electron chi connectivity index (χ2n) is 5.99. The van der Waals surface area contributed by atoms with Crippen LogP contribution in [0.3, 0.4) is 0 Å². The van der Waals surface area contributed by atoms with E-state index >= 15 is 0 Å². The summed E-state index contributed by atoms with van der Waals surface area (Å²) in [5.41, 5.74) is 0.579. The van der Waals surface area contributed by atoms with E-state index in [-0.39, 0.29) is 17.3 Å². The van der Waals surface area contributed by atoms with Gasteiger partial charge in [-0.25, -0.2) is 0 Å². The summed E-state index contributed by atoms with van der Waals surface area (Å²) < 4.78 is 6.00. The molecule has 1 saturated carbocycles. The van der Waals surface area contributed by atoms with Crippen molar-refractivity contribution in [2.75, 3.05) is 11.9 Å². The average molecular weight is 311 g/mol. The molecule has 114 valence electrons. The Morgan fingerprint density at radius 3 is 2.86 bits per heavy atom. The molecule has 2 aliphatic rings. The second kappa shape index (κ2) is 5.81. The van der Waals surface area contributed by atoms with E-state index in [1.165, 1.54) is 18.9 Å². The molecule has 1 aliphatic heterocycles. The van der Waals surface area contributed by atoms with Gasteiger partial charge in [-0.05, 0) is 37.8 Å². The van der Waals surface area contributed by atoms with E-state index in [4.69, 9.17) is 16.3 Å². The molecule has 1 unspecified atom stereocenters. The molecule has 1 aromatic carbocycles. The van der Waals surface area contributed by atoms with Crippen molar-refractivity contribution in [3.8, 4) is 0 Å². The summed E-state index contributed by atoms with van der Waals surface area (Å²) in [5, 5.41) is 14.9. The van der Waals surface area contributed by atoms with Crippen LogP contribution in [0.5, 0.6) is 0 Å². The van der Waals surface area contributed by atoms with Crippen molar-refractivity contribution in [1.29, 1.82) is 0 Å². The third-order valence-corrected chi connectivity index (χ3v) is 4.76. The number of nitrogens with zero attached hydrogens (tertiary/aromatic N) is 1. The van der Waals surface area contributed by atoms with Gasteiger partial charge in [0.1, 0.15) is 5.69 Å². The van der Waals surface area contributed by atoms with Gasteiger partial charge in [0.15, 0.2) is 0 Å². The van der Waals surface area contributed by atoms with Crippen LogP contribution in [0.25, 0.3) is 0 Å². The Labute approximate surface area is 128 Å². The largest absolute Gasteiger partial charge is 0.377 e. The summed E-state index contributed by atoms with van der Waals surface area (Å²) in [7, 11) is 0. The number of ether oxygens (including phenoxy) is 1. The summed E-state index contributed by atoms with van der Waals surface area (Å²) in [6, 6.07) is 4.99. The van der Waals surface area contributed by atoms with Crippen LogP contribution in [-0.4, -0.2) is 23.2 Å². The number of hydrogen-bond acceptors (Lipinski definition) is 4. The van der Waals surface area contributed by atoms with Crippen molar-refractivity contribution in [2.24, 2.45) is 0 Å². The zero-order chi connectivity index (χ0) is 14.9. The van der Waals surface area contributed by atoms with E-state index < -0.39 is 4.92 Å². The molecule has 0 aromatic heterocycles. The van der Waals surface area contributed by atoms with E-state index in [9.17, 15) is 10.1 Å². The highest BCUT2D eigenvalue weighted by Gasteiger charge is 2.40. The fraction of sp³-hybridized carbons (Fsp3) is 0.600. The molecule has 1 atom stereocenters. The van der Waals surface area contributed by atoms with Gasteiger partial charge in [-0.15, -0.1) is 0 Å². The standard InChI is InChI=1S/C15H19ClN2O3/c16-11-3-4-13(14(9-11)18(19)20)17-12-5-8-21-15(10-12)6-1-2-7-15/h3-4,9,12,17H,1-2,5-8,10H2. The number of nitro groups is 1. The van der Waals surface area contributed by atoms with Crippen molar-refractivity contribution in [2.45, 2.75) is 50.2 Å². The lowest BCUT2D eigenvalue weighted by Gasteiger charge is -2.38. The first-order valence-corrected chi connectivity index (χ1v) is 7.80. The molecule has 1 aromatic rings. The van der Waals surface area contributed by atoms with Crippen molar-refractivity contribution >= 4 is 23.0 Å². The zero-order valence-electron chi connectivity index (χ0n) is 11.8. The van der Waals surface area contributed by atoms with Crippen LogP contribution in [-0.2, 0) is 4.74 Å². The van der Waals surface area contributed by atoms with Gasteiger partial charge >= 0.3 is 0 Å². The molecule has 0 bridgehead atoms. The molecule has 1 N–H and O–H groups in total. The van der Waals surface area contributed by atoms with Crippen molar-refractivity contribution in [3.05, 3.63) is 33.3 Å². The summed E-state index contributed by atoms with van der Waals surface area (Å²) in [4.78, 5) is 10.8. The predicted molar refractivity (Wildman–Crippen MR) is 81.9 cm³/mol. The molecule has 1 heterocycles. The average Bonchev–Trinajstić information content (AvgIpc) is 2.88. The summed E-state index contributed by atoms with van der Waals surface area (Å²) in [5.74, 6) is 0. The maximum atomic E-state index is 11.1. The number of hydrogen-bond donors (Lipinski definition) is 1. The second-order valence-corrected chi connectivity index (χ2v) is 6.43. The molecule has 1 saturated heterocycles. The lowest BCUT2D eigenvalue weighted by atomic mass is 9.89. The molecular formula is C15H19ClN2O3. The lowest BCUT2D eigenvalue weighted by molar-refractivity contribution is -0.384. The van der Waals surface area contributed by atoms with Crippen LogP contribution < -0.4 is 5.32 Å². The van der Waals surface area contributed by atoms with E-state index in [2.05, 4.69) is 5.32 Å². The smallest absolute Gasteiger partial charge is 0.293 e. The number of rotatable bonds is 3. The molecule has 3 rings (SSSR count). The van der Waals surface area contributed by atoms with Crippen molar-refractivity contribution in [3.63, 3.8) is 0 Å². The van der Waals surface area contributed by atoms with Crippen LogP contribution >= 0.6 is 11.6 Å². The highest BCUT2D eigenvalue weighted by molar-refractivity contribution is 6.30. The Morgan fingerprint density at radius 1 is 1.38 bits per heavy atom. The Balaban J connectivity index is 1.75. The number of nitro benzene ring substituents is 1. The van der Waals surface area contributed by atoms with Gasteiger partial charge in [0.05, 0.1) is 10.5 Å². The van der Waals surface area contributed by atoms with Crippen LogP contribution in [0.1, 0.15) is 38.5 Å². The molecule has 1 spiro atoms. The molecule has 1 aliphatic carbocycles. The van der Waals surface area contributed by atoms with Gasteiger partial charge in [0.25, 0.3) is 5.69 Å². The highest BCUT2D eigenvalue weighted by Crippen LogP contribution is 2.41. The Kier molecular flexibility index (Phi) is 4.04. The molecule has 6 heteroatoms. The number of nitrogens with one attached hydrogen (secondary N) is 1. The molecule has 21 heavy (non-hydrogen) atoms. The third-order valence-electron chi connectivity index (χ3n) is 4.52. The van der Waals surface area contributed by atoms with E-state index in [0.29, 0.717) is 10.7 Å². The number of halogens is 1. The molecule has 2 fully saturated rings. The maximum absolute atomic E-state index is 11.1. The first-order valence-electron chi connectivity index (χ1n) is 7.42. The Bertz CT molecular complexity index is 544. The van der Waals surface area contributed by atoms with Gasteiger partial charge < -0.3 is 10.1 Å². The number of anilines is 1. The third kappa shape index (κ3) is 3.14. The van der Waals surface area contributed by atoms with Crippen LogP contribution in [0.2, 0.25) is 5.02 Å². The predicted octanol–water partition coefficient (Wildman–Crippen LogP) is 4.15. The topological polar surface area (TPSA) is 64.4 Å². The van der Waals surface area contributed by atoms with Crippen LogP contribution in [0, 0.1) is 10.1 Å². The van der Waals surface area contributed by atoms with Crippen LogP contribution in [0.15, 0.2) is 18.2 Å². The minimum atomic E-state index is -0.390. The summed E-state index contributed by atoms with van der Waals surface area (Å²) >= 11 is 5.85. The normalized spacial score (nSPS) is 24.1. The Morgan fingerprint density at radius 2 is 2.14 bits per heavy atom. The van der Waals surface area contributed by atoms with Gasteiger partial charge in [0, 0.05) is 23.7 Å². The molecular weight excluding hydrogens is 292 g/mol. The zero-order valence-corrected chi connectivity index (χ0v) is 12.6. The lowest BCUT2D eigenvalue weighted by Crippen LogP contribution is -2.42. The monoisotopic (exact) mass is 310 g/mol. The SMILES string of the molecule is O=[N+]([O-])c1cc(Cl)ccc1NC1CCOC2(CCCC2)C1. The molecule has 0 amide bonds. The van der Waals surface area contributed by atoms with Crippen LogP contribution in [0.4, 0.5) is 11.4 Å². The van der Waals surface area contributed by atoms with E-state index in [1.807, 2.05) is 0 Å². The fourth-order valence-corrected chi connectivity index (χ4v) is 3.68. The highest BCUT2D eigenvalue weighted by atomic mass is 35.5. The first kappa shape index (κ1) is 14.6.